The van der Waals surface area contributed by atoms with Crippen molar-refractivity contribution in [2.45, 2.75) is 0 Å². The van der Waals surface area contributed by atoms with Crippen LogP contribution >= 0.6 is 0 Å². The van der Waals surface area contributed by atoms with Crippen molar-refractivity contribution in [3.05, 3.63) is 182 Å². The van der Waals surface area contributed by atoms with E-state index in [1.807, 2.05) is 72.8 Å². The molecule has 0 atom stereocenters. The lowest BCUT2D eigenvalue weighted by Crippen LogP contribution is -2.45. The highest BCUT2D eigenvalue weighted by atomic mass is 16.5. The van der Waals surface area contributed by atoms with Gasteiger partial charge in [0.2, 0.25) is 0 Å². The summed E-state index contributed by atoms with van der Waals surface area (Å²) in [5, 5.41) is 0. The fourth-order valence-electron chi connectivity index (χ4n) is 8.37. The standard InChI is InChI=1S/C49H35N4O2/c1-53(50)44-28-22-34(32-18-24-36(25-19-32)51-40-10-2-6-14-46(40)54-47-15-7-3-11-41(47)51)30-38(44)39-31-35(23-29-45(39)53)33-20-26-37(27-21-33)52-42-12-4-8-16-48(42)55-49-17-9-5-13-43(49)52/h2-31H,50H2,1H3/q+1. The average molecular weight is 712 g/mol. The summed E-state index contributed by atoms with van der Waals surface area (Å²) in [5.74, 6) is 10.4. The van der Waals surface area contributed by atoms with E-state index in [0.717, 1.165) is 102 Å². The fraction of sp³-hybridized carbons (Fsp3) is 0.0204. The summed E-state index contributed by atoms with van der Waals surface area (Å²) in [4.78, 5) is 4.53. The second-order valence-electron chi connectivity index (χ2n) is 14.4. The van der Waals surface area contributed by atoms with E-state index in [2.05, 4.69) is 126 Å². The maximum Gasteiger partial charge on any atom is 0.165 e. The maximum atomic E-state index is 7.05. The van der Waals surface area contributed by atoms with Crippen molar-refractivity contribution in [1.29, 1.82) is 0 Å². The Balaban J connectivity index is 0.929. The molecule has 0 spiro atoms. The molecule has 8 aromatic rings. The molecule has 2 N–H and O–H groups in total. The van der Waals surface area contributed by atoms with Crippen LogP contribution in [0.4, 0.5) is 45.5 Å². The molecule has 6 heteroatoms. The third-order valence-electron chi connectivity index (χ3n) is 11.1. The minimum absolute atomic E-state index is 0.203. The van der Waals surface area contributed by atoms with Gasteiger partial charge in [0.05, 0.1) is 40.9 Å². The van der Waals surface area contributed by atoms with Gasteiger partial charge in [0, 0.05) is 23.5 Å². The van der Waals surface area contributed by atoms with Crippen molar-refractivity contribution in [2.24, 2.45) is 5.84 Å². The molecule has 262 valence electrons. The smallest absolute Gasteiger partial charge is 0.165 e. The number of nitrogens with zero attached hydrogens (tertiary/aromatic N) is 3. The van der Waals surface area contributed by atoms with Crippen LogP contribution in [0, 0.1) is 0 Å². The summed E-state index contributed by atoms with van der Waals surface area (Å²) in [6, 6.07) is 63.6. The molecule has 8 aromatic carbocycles. The van der Waals surface area contributed by atoms with Crippen molar-refractivity contribution in [3.8, 4) is 56.4 Å². The zero-order valence-electron chi connectivity index (χ0n) is 30.1. The summed E-state index contributed by atoms with van der Waals surface area (Å²) in [7, 11) is 2.06. The SMILES string of the molecule is C[N+]1(N)c2ccc(-c3ccc(N4c5ccccc5Oc5ccccc54)cc3)cc2-c2cc(-c3ccc(N4c5ccccc5Oc5ccccc54)cc3)ccc21. The van der Waals surface area contributed by atoms with E-state index in [4.69, 9.17) is 15.3 Å². The number of anilines is 6. The lowest BCUT2D eigenvalue weighted by molar-refractivity contribution is 0.477. The van der Waals surface area contributed by atoms with E-state index in [0.29, 0.717) is 0 Å². The Morgan fingerprint density at radius 3 is 1.04 bits per heavy atom. The molecule has 0 saturated heterocycles. The van der Waals surface area contributed by atoms with Gasteiger partial charge in [-0.15, -0.1) is 0 Å². The number of hydrogen-bond donors (Lipinski definition) is 1. The quantitative estimate of drug-likeness (QED) is 0.145. The van der Waals surface area contributed by atoms with Crippen molar-refractivity contribution in [3.63, 3.8) is 0 Å². The summed E-state index contributed by atoms with van der Waals surface area (Å²) in [6.07, 6.45) is 0. The van der Waals surface area contributed by atoms with Crippen LogP contribution in [0.25, 0.3) is 33.4 Å². The molecule has 11 rings (SSSR count). The van der Waals surface area contributed by atoms with Crippen LogP contribution in [-0.2, 0) is 0 Å². The normalized spacial score (nSPS) is 14.0. The molecule has 0 bridgehead atoms. The number of hydrogen-bond acceptors (Lipinski definition) is 5. The fourth-order valence-corrected chi connectivity index (χ4v) is 8.37. The van der Waals surface area contributed by atoms with Crippen LogP contribution in [0.2, 0.25) is 0 Å². The van der Waals surface area contributed by atoms with Crippen LogP contribution < -0.4 is 29.7 Å². The van der Waals surface area contributed by atoms with Crippen LogP contribution in [0.3, 0.4) is 0 Å². The average Bonchev–Trinajstić information content (AvgIpc) is 3.46. The van der Waals surface area contributed by atoms with Crippen molar-refractivity contribution >= 4 is 45.5 Å². The molecule has 0 aliphatic carbocycles. The molecule has 0 fully saturated rings. The van der Waals surface area contributed by atoms with Crippen LogP contribution in [-0.4, -0.2) is 7.05 Å². The number of ether oxygens (including phenoxy) is 2. The van der Waals surface area contributed by atoms with Gasteiger partial charge >= 0.3 is 0 Å². The lowest BCUT2D eigenvalue weighted by Gasteiger charge is -2.32. The first-order chi connectivity index (χ1) is 27.0. The molecule has 6 nitrogen and oxygen atoms in total. The minimum Gasteiger partial charge on any atom is -0.453 e. The summed E-state index contributed by atoms with van der Waals surface area (Å²) in [6.45, 7) is 0. The van der Waals surface area contributed by atoms with Gasteiger partial charge in [-0.1, -0.05) is 72.8 Å². The zero-order valence-corrected chi connectivity index (χ0v) is 30.1. The summed E-state index contributed by atoms with van der Waals surface area (Å²) < 4.78 is 12.7. The molecule has 3 aliphatic rings. The van der Waals surface area contributed by atoms with Crippen LogP contribution in [0.15, 0.2) is 182 Å². The van der Waals surface area contributed by atoms with Crippen molar-refractivity contribution in [2.75, 3.05) is 16.8 Å². The monoisotopic (exact) mass is 711 g/mol. The molecule has 0 radical (unpaired) electrons. The van der Waals surface area contributed by atoms with E-state index in [-0.39, 0.29) is 4.59 Å². The number of para-hydroxylation sites is 8. The number of fused-ring (bicyclic) bond motifs is 7. The van der Waals surface area contributed by atoms with Gasteiger partial charge in [-0.3, -0.25) is 0 Å². The van der Waals surface area contributed by atoms with Gasteiger partial charge in [-0.05, 0) is 119 Å². The predicted molar refractivity (Wildman–Crippen MR) is 224 cm³/mol. The van der Waals surface area contributed by atoms with Gasteiger partial charge in [-0.2, -0.15) is 10.4 Å². The highest BCUT2D eigenvalue weighted by Gasteiger charge is 2.39. The number of quaternary nitrogens is 1. The number of rotatable bonds is 4. The third-order valence-corrected chi connectivity index (χ3v) is 11.1. The number of nitrogens with two attached hydrogens (primary N) is 1. The largest absolute Gasteiger partial charge is 0.453 e. The number of benzene rings is 8. The molecular weight excluding hydrogens is 677 g/mol. The molecule has 0 unspecified atom stereocenters. The van der Waals surface area contributed by atoms with Crippen LogP contribution in [0.1, 0.15) is 0 Å². The summed E-state index contributed by atoms with van der Waals surface area (Å²) >= 11 is 0. The molecule has 3 aliphatic heterocycles. The second-order valence-corrected chi connectivity index (χ2v) is 14.4. The highest BCUT2D eigenvalue weighted by molar-refractivity contribution is 5.98. The Labute approximate surface area is 319 Å². The van der Waals surface area contributed by atoms with Crippen molar-refractivity contribution in [1.82, 2.24) is 4.59 Å². The lowest BCUT2D eigenvalue weighted by atomic mass is 9.96. The Kier molecular flexibility index (Phi) is 6.82. The molecule has 0 saturated carbocycles. The predicted octanol–water partition coefficient (Wildman–Crippen LogP) is 13.3. The molecule has 0 amide bonds. The maximum absolute atomic E-state index is 7.05. The zero-order chi connectivity index (χ0) is 36.7. The second kappa shape index (κ2) is 11.9. The van der Waals surface area contributed by atoms with E-state index in [9.17, 15) is 0 Å². The van der Waals surface area contributed by atoms with Crippen LogP contribution in [0.5, 0.6) is 23.0 Å². The van der Waals surface area contributed by atoms with E-state index in [1.54, 1.807) is 0 Å². The van der Waals surface area contributed by atoms with Gasteiger partial charge in [0.25, 0.3) is 0 Å². The van der Waals surface area contributed by atoms with Gasteiger partial charge in [0.1, 0.15) is 0 Å². The van der Waals surface area contributed by atoms with Gasteiger partial charge in [-0.25, -0.2) is 0 Å². The third kappa shape index (κ3) is 4.90. The Morgan fingerprint density at radius 1 is 0.382 bits per heavy atom. The topological polar surface area (TPSA) is 51.0 Å². The van der Waals surface area contributed by atoms with E-state index in [1.165, 1.54) is 0 Å². The van der Waals surface area contributed by atoms with Gasteiger partial charge < -0.3 is 19.3 Å². The highest BCUT2D eigenvalue weighted by Crippen LogP contribution is 2.54. The van der Waals surface area contributed by atoms with Gasteiger partial charge in [0.15, 0.2) is 34.4 Å². The molecule has 55 heavy (non-hydrogen) atoms. The van der Waals surface area contributed by atoms with E-state index >= 15 is 0 Å². The van der Waals surface area contributed by atoms with Crippen molar-refractivity contribution < 1.29 is 9.47 Å². The Bertz CT molecular complexity index is 2530. The Morgan fingerprint density at radius 2 is 0.691 bits per heavy atom. The Hall–Kier alpha value is -7.12. The molecular formula is C49H35N4O2+. The summed E-state index contributed by atoms with van der Waals surface area (Å²) in [5.41, 5.74) is 15.2. The first kappa shape index (κ1) is 31.4. The first-order valence-electron chi connectivity index (χ1n) is 18.5. The molecule has 0 aromatic heterocycles. The molecule has 3 heterocycles. The van der Waals surface area contributed by atoms with E-state index < -0.39 is 0 Å². The minimum atomic E-state index is 0.203. The first-order valence-corrected chi connectivity index (χ1v) is 18.5.